The fraction of sp³-hybridized carbons (Fsp3) is 0.286. The summed E-state index contributed by atoms with van der Waals surface area (Å²) in [5.74, 6) is 0.769. The van der Waals surface area contributed by atoms with Crippen molar-refractivity contribution < 1.29 is 0 Å². The summed E-state index contributed by atoms with van der Waals surface area (Å²) in [5.41, 5.74) is 8.93. The van der Waals surface area contributed by atoms with Crippen LogP contribution in [0.5, 0.6) is 0 Å². The van der Waals surface area contributed by atoms with E-state index in [1.165, 1.54) is 5.56 Å². The molecule has 2 rings (SSSR count). The Hall–Kier alpha value is -1.94. The van der Waals surface area contributed by atoms with Crippen LogP contribution in [-0.2, 0) is 6.42 Å². The van der Waals surface area contributed by atoms with Crippen molar-refractivity contribution in [1.29, 1.82) is 0 Å². The number of nitrogens with two attached hydrogens (primary N) is 1. The molecule has 0 saturated heterocycles. The van der Waals surface area contributed by atoms with Gasteiger partial charge in [0.05, 0.1) is 6.20 Å². The Morgan fingerprint density at radius 2 is 2.17 bits per heavy atom. The molecule has 0 aliphatic heterocycles. The summed E-state index contributed by atoms with van der Waals surface area (Å²) in [6.07, 6.45) is 3.75. The maximum absolute atomic E-state index is 5.52. The number of rotatable bonds is 5. The second kappa shape index (κ2) is 6.12. The Bertz CT molecular complexity index is 511. The number of benzene rings is 1. The van der Waals surface area contributed by atoms with Gasteiger partial charge in [-0.2, -0.15) is 5.10 Å². The minimum Gasteiger partial charge on any atom is -0.339 e. The maximum Gasteiger partial charge on any atom is 0.153 e. The lowest BCUT2D eigenvalue weighted by molar-refractivity contribution is 0.833. The first-order valence-electron chi connectivity index (χ1n) is 6.13. The normalized spacial score (nSPS) is 10.3. The van der Waals surface area contributed by atoms with E-state index in [4.69, 9.17) is 5.73 Å². The van der Waals surface area contributed by atoms with E-state index in [0.717, 1.165) is 36.5 Å². The molecule has 2 aromatic rings. The van der Waals surface area contributed by atoms with Gasteiger partial charge >= 0.3 is 0 Å². The van der Waals surface area contributed by atoms with Gasteiger partial charge in [-0.3, -0.25) is 0 Å². The van der Waals surface area contributed by atoms with E-state index in [9.17, 15) is 0 Å². The highest BCUT2D eigenvalue weighted by Gasteiger charge is 1.99. The van der Waals surface area contributed by atoms with Crippen molar-refractivity contribution in [2.24, 2.45) is 5.73 Å². The highest BCUT2D eigenvalue weighted by molar-refractivity contribution is 5.56. The molecule has 1 heterocycles. The van der Waals surface area contributed by atoms with Gasteiger partial charge in [0.25, 0.3) is 0 Å². The van der Waals surface area contributed by atoms with E-state index < -0.39 is 0 Å². The number of hydrogen-bond acceptors (Lipinski definition) is 4. The van der Waals surface area contributed by atoms with Crippen LogP contribution in [0.3, 0.4) is 0 Å². The lowest BCUT2D eigenvalue weighted by atomic mass is 10.1. The number of nitrogens with zero attached hydrogens (tertiary/aromatic N) is 2. The third-order valence-corrected chi connectivity index (χ3v) is 2.66. The van der Waals surface area contributed by atoms with Gasteiger partial charge in [-0.25, -0.2) is 0 Å². The molecule has 0 saturated carbocycles. The number of aromatic nitrogens is 2. The van der Waals surface area contributed by atoms with Crippen LogP contribution in [0.2, 0.25) is 0 Å². The smallest absolute Gasteiger partial charge is 0.153 e. The molecule has 0 aliphatic carbocycles. The molecule has 4 nitrogen and oxygen atoms in total. The Morgan fingerprint density at radius 1 is 1.28 bits per heavy atom. The predicted molar refractivity (Wildman–Crippen MR) is 73.9 cm³/mol. The van der Waals surface area contributed by atoms with Gasteiger partial charge in [-0.05, 0) is 55.6 Å². The van der Waals surface area contributed by atoms with E-state index in [1.807, 2.05) is 25.1 Å². The predicted octanol–water partition coefficient (Wildman–Crippen LogP) is 2.42. The van der Waals surface area contributed by atoms with Gasteiger partial charge in [0.2, 0.25) is 0 Å². The molecule has 0 unspecified atom stereocenters. The number of anilines is 2. The second-order valence-corrected chi connectivity index (χ2v) is 4.34. The monoisotopic (exact) mass is 242 g/mol. The molecule has 1 aromatic carbocycles. The molecule has 18 heavy (non-hydrogen) atoms. The maximum atomic E-state index is 5.52. The molecule has 0 aliphatic rings. The third kappa shape index (κ3) is 3.53. The molecular formula is C14H18N4. The van der Waals surface area contributed by atoms with Gasteiger partial charge < -0.3 is 11.1 Å². The van der Waals surface area contributed by atoms with Crippen LogP contribution in [-0.4, -0.2) is 16.7 Å². The summed E-state index contributed by atoms with van der Waals surface area (Å²) in [6.45, 7) is 2.72. The molecule has 0 spiro atoms. The van der Waals surface area contributed by atoms with E-state index in [0.29, 0.717) is 0 Å². The number of nitrogens with one attached hydrogen (secondary N) is 1. The van der Waals surface area contributed by atoms with E-state index in [-0.39, 0.29) is 0 Å². The molecule has 0 radical (unpaired) electrons. The molecule has 1 aromatic heterocycles. The first-order chi connectivity index (χ1) is 8.78. The molecule has 0 fully saturated rings. The zero-order chi connectivity index (χ0) is 12.8. The van der Waals surface area contributed by atoms with Crippen LogP contribution in [0.15, 0.2) is 36.5 Å². The van der Waals surface area contributed by atoms with Crippen LogP contribution in [0, 0.1) is 6.92 Å². The Labute approximate surface area is 107 Å². The average Bonchev–Trinajstić information content (AvgIpc) is 2.37. The quantitative estimate of drug-likeness (QED) is 0.845. The third-order valence-electron chi connectivity index (χ3n) is 2.66. The first-order valence-corrected chi connectivity index (χ1v) is 6.13. The van der Waals surface area contributed by atoms with E-state index in [2.05, 4.69) is 27.6 Å². The summed E-state index contributed by atoms with van der Waals surface area (Å²) in [4.78, 5) is 0. The number of hydrogen-bond donors (Lipinski definition) is 2. The standard InChI is InChI=1S/C14H18N4/c1-11-8-14(18-16-10-11)17-13-6-2-4-12(9-13)5-3-7-15/h2,4,6,8-10H,3,5,7,15H2,1H3,(H,17,18). The molecule has 94 valence electrons. The van der Waals surface area contributed by atoms with Crippen molar-refractivity contribution in [1.82, 2.24) is 10.2 Å². The highest BCUT2D eigenvalue weighted by Crippen LogP contribution is 2.16. The minimum absolute atomic E-state index is 0.723. The molecule has 4 heteroatoms. The summed E-state index contributed by atoms with van der Waals surface area (Å²) >= 11 is 0. The van der Waals surface area contributed by atoms with Crippen molar-refractivity contribution in [2.75, 3.05) is 11.9 Å². The molecule has 0 bridgehead atoms. The summed E-state index contributed by atoms with van der Waals surface area (Å²) < 4.78 is 0. The Morgan fingerprint density at radius 3 is 2.94 bits per heavy atom. The molecular weight excluding hydrogens is 224 g/mol. The molecule has 0 amide bonds. The van der Waals surface area contributed by atoms with Crippen LogP contribution in [0.4, 0.5) is 11.5 Å². The fourth-order valence-electron chi connectivity index (χ4n) is 1.78. The van der Waals surface area contributed by atoms with Crippen LogP contribution in [0.1, 0.15) is 17.5 Å². The van der Waals surface area contributed by atoms with E-state index >= 15 is 0 Å². The summed E-state index contributed by atoms with van der Waals surface area (Å²) in [7, 11) is 0. The van der Waals surface area contributed by atoms with Crippen molar-refractivity contribution in [3.8, 4) is 0 Å². The zero-order valence-electron chi connectivity index (χ0n) is 10.6. The first kappa shape index (κ1) is 12.5. The molecule has 3 N–H and O–H groups in total. The summed E-state index contributed by atoms with van der Waals surface area (Å²) in [6, 6.07) is 10.3. The topological polar surface area (TPSA) is 63.8 Å². The largest absolute Gasteiger partial charge is 0.339 e. The highest BCUT2D eigenvalue weighted by atomic mass is 15.2. The summed E-state index contributed by atoms with van der Waals surface area (Å²) in [5, 5.41) is 11.2. The van der Waals surface area contributed by atoms with Crippen LogP contribution >= 0.6 is 0 Å². The zero-order valence-corrected chi connectivity index (χ0v) is 10.6. The van der Waals surface area contributed by atoms with Crippen molar-refractivity contribution in [2.45, 2.75) is 19.8 Å². The minimum atomic E-state index is 0.723. The van der Waals surface area contributed by atoms with Gasteiger partial charge in [0.1, 0.15) is 0 Å². The SMILES string of the molecule is Cc1cnnc(Nc2cccc(CCCN)c2)c1. The lowest BCUT2D eigenvalue weighted by Crippen LogP contribution is -2.01. The second-order valence-electron chi connectivity index (χ2n) is 4.34. The average molecular weight is 242 g/mol. The van der Waals surface area contributed by atoms with Crippen LogP contribution < -0.4 is 11.1 Å². The van der Waals surface area contributed by atoms with Crippen LogP contribution in [0.25, 0.3) is 0 Å². The van der Waals surface area contributed by atoms with Gasteiger partial charge in [-0.1, -0.05) is 12.1 Å². The van der Waals surface area contributed by atoms with Gasteiger partial charge in [0.15, 0.2) is 5.82 Å². The van der Waals surface area contributed by atoms with Crippen molar-refractivity contribution >= 4 is 11.5 Å². The Kier molecular flexibility index (Phi) is 4.25. The lowest BCUT2D eigenvalue weighted by Gasteiger charge is -2.07. The van der Waals surface area contributed by atoms with Crippen molar-refractivity contribution in [3.05, 3.63) is 47.7 Å². The van der Waals surface area contributed by atoms with Gasteiger partial charge in [-0.15, -0.1) is 5.10 Å². The number of aryl methyl sites for hydroxylation is 2. The van der Waals surface area contributed by atoms with Crippen molar-refractivity contribution in [3.63, 3.8) is 0 Å². The molecule has 0 atom stereocenters. The van der Waals surface area contributed by atoms with Gasteiger partial charge in [0, 0.05) is 5.69 Å². The fourth-order valence-corrected chi connectivity index (χ4v) is 1.78. The van der Waals surface area contributed by atoms with E-state index in [1.54, 1.807) is 6.20 Å². The Balaban J connectivity index is 2.09.